The van der Waals surface area contributed by atoms with E-state index in [2.05, 4.69) is 26.0 Å². The third-order valence-corrected chi connectivity index (χ3v) is 3.97. The van der Waals surface area contributed by atoms with Gasteiger partial charge in [0, 0.05) is 11.4 Å². The van der Waals surface area contributed by atoms with Crippen molar-refractivity contribution in [2.24, 2.45) is 0 Å². The third kappa shape index (κ3) is 3.60. The summed E-state index contributed by atoms with van der Waals surface area (Å²) in [7, 11) is 1.61. The number of H-pyrrole nitrogens is 1. The van der Waals surface area contributed by atoms with Crippen molar-refractivity contribution < 1.29 is 9.53 Å². The molecule has 0 radical (unpaired) electrons. The first-order valence-corrected chi connectivity index (χ1v) is 7.78. The van der Waals surface area contributed by atoms with Gasteiger partial charge in [0.1, 0.15) is 5.75 Å². The van der Waals surface area contributed by atoms with Crippen molar-refractivity contribution in [2.45, 2.75) is 13.8 Å². The minimum absolute atomic E-state index is 0.191. The Morgan fingerprint density at radius 1 is 1.08 bits per heavy atom. The normalized spacial score (nSPS) is 10.4. The van der Waals surface area contributed by atoms with Crippen LogP contribution in [0.1, 0.15) is 21.6 Å². The maximum atomic E-state index is 12.6. The Hall–Kier alpha value is -3.35. The van der Waals surface area contributed by atoms with E-state index in [1.54, 1.807) is 7.11 Å². The molecule has 2 aromatic carbocycles. The Kier molecular flexibility index (Phi) is 4.65. The Morgan fingerprint density at radius 3 is 2.56 bits per heavy atom. The summed E-state index contributed by atoms with van der Waals surface area (Å²) < 4.78 is 5.13. The number of aromatic amines is 1. The predicted octanol–water partition coefficient (Wildman–Crippen LogP) is 3.43. The molecular weight excluding hydrogens is 318 g/mol. The molecule has 0 atom stereocenters. The van der Waals surface area contributed by atoms with Gasteiger partial charge in [-0.1, -0.05) is 12.1 Å². The van der Waals surface area contributed by atoms with Gasteiger partial charge >= 0.3 is 0 Å². The number of ether oxygens (including phenoxy) is 1. The Balaban J connectivity index is 1.78. The lowest BCUT2D eigenvalue weighted by Crippen LogP contribution is -2.15. The zero-order valence-corrected chi connectivity index (χ0v) is 14.3. The van der Waals surface area contributed by atoms with Gasteiger partial charge in [0.15, 0.2) is 11.5 Å². The molecule has 7 nitrogen and oxygen atoms in total. The predicted molar refractivity (Wildman–Crippen MR) is 96.5 cm³/mol. The van der Waals surface area contributed by atoms with Crippen LogP contribution >= 0.6 is 0 Å². The molecule has 25 heavy (non-hydrogen) atoms. The number of benzene rings is 2. The molecule has 0 fully saturated rings. The highest BCUT2D eigenvalue weighted by Crippen LogP contribution is 2.22. The summed E-state index contributed by atoms with van der Waals surface area (Å²) in [6, 6.07) is 13.1. The molecule has 3 N–H and O–H groups in total. The summed E-state index contributed by atoms with van der Waals surface area (Å²) in [5.74, 6) is 0.769. The SMILES string of the molecule is COc1ccc(Nc2n[nH]nc2C(=O)Nc2cccc(C)c2C)cc1. The second-order valence-corrected chi connectivity index (χ2v) is 5.58. The topological polar surface area (TPSA) is 91.9 Å². The summed E-state index contributed by atoms with van der Waals surface area (Å²) in [5, 5.41) is 16.4. The molecule has 0 aliphatic carbocycles. The summed E-state index contributed by atoms with van der Waals surface area (Å²) in [6.45, 7) is 3.96. The van der Waals surface area contributed by atoms with E-state index in [1.807, 2.05) is 56.3 Å². The molecule has 1 aromatic heterocycles. The Bertz CT molecular complexity index is 887. The number of rotatable bonds is 5. The van der Waals surface area contributed by atoms with Crippen LogP contribution in [0, 0.1) is 13.8 Å². The summed E-state index contributed by atoms with van der Waals surface area (Å²) in [4.78, 5) is 12.6. The molecule has 0 aliphatic rings. The van der Waals surface area contributed by atoms with Gasteiger partial charge in [0.25, 0.3) is 5.91 Å². The first-order valence-electron chi connectivity index (χ1n) is 7.78. The number of hydrogen-bond donors (Lipinski definition) is 3. The van der Waals surface area contributed by atoms with Crippen molar-refractivity contribution >= 4 is 23.1 Å². The first kappa shape index (κ1) is 16.5. The standard InChI is InChI=1S/C18H19N5O2/c1-11-5-4-6-15(12(11)2)20-18(24)16-17(22-23-21-16)19-13-7-9-14(25-3)10-8-13/h4-10H,1-3H3,(H,20,24)(H2,19,21,22,23). The van der Waals surface area contributed by atoms with Gasteiger partial charge in [0.2, 0.25) is 0 Å². The van der Waals surface area contributed by atoms with Gasteiger partial charge in [-0.05, 0) is 55.3 Å². The molecule has 1 heterocycles. The molecule has 1 amide bonds. The minimum atomic E-state index is -0.335. The van der Waals surface area contributed by atoms with Gasteiger partial charge in [-0.3, -0.25) is 4.79 Å². The van der Waals surface area contributed by atoms with Gasteiger partial charge in [-0.2, -0.15) is 5.21 Å². The van der Waals surface area contributed by atoms with E-state index in [0.717, 1.165) is 28.3 Å². The quantitative estimate of drug-likeness (QED) is 0.663. The van der Waals surface area contributed by atoms with Crippen LogP contribution < -0.4 is 15.4 Å². The molecule has 0 saturated heterocycles. The number of methoxy groups -OCH3 is 1. The fourth-order valence-electron chi connectivity index (χ4n) is 2.36. The fourth-order valence-corrected chi connectivity index (χ4v) is 2.36. The summed E-state index contributed by atoms with van der Waals surface area (Å²) >= 11 is 0. The largest absolute Gasteiger partial charge is 0.497 e. The van der Waals surface area contributed by atoms with Gasteiger partial charge in [0.05, 0.1) is 7.11 Å². The zero-order valence-electron chi connectivity index (χ0n) is 14.3. The van der Waals surface area contributed by atoms with Crippen molar-refractivity contribution in [1.29, 1.82) is 0 Å². The number of hydrogen-bond acceptors (Lipinski definition) is 5. The van der Waals surface area contributed by atoms with Crippen LogP contribution in [-0.2, 0) is 0 Å². The number of nitrogens with one attached hydrogen (secondary N) is 3. The second kappa shape index (κ2) is 7.04. The highest BCUT2D eigenvalue weighted by molar-refractivity contribution is 6.06. The smallest absolute Gasteiger partial charge is 0.280 e. The summed E-state index contributed by atoms with van der Waals surface area (Å²) in [5.41, 5.74) is 3.84. The van der Waals surface area contributed by atoms with Gasteiger partial charge in [-0.25, -0.2) is 0 Å². The molecule has 0 spiro atoms. The monoisotopic (exact) mass is 337 g/mol. The molecule has 0 unspecified atom stereocenters. The van der Waals surface area contributed by atoms with Gasteiger partial charge < -0.3 is 15.4 Å². The summed E-state index contributed by atoms with van der Waals surface area (Å²) in [6.07, 6.45) is 0. The lowest BCUT2D eigenvalue weighted by atomic mass is 10.1. The molecular formula is C18H19N5O2. The van der Waals surface area contributed by atoms with Crippen LogP contribution in [0.3, 0.4) is 0 Å². The second-order valence-electron chi connectivity index (χ2n) is 5.58. The third-order valence-electron chi connectivity index (χ3n) is 3.97. The maximum absolute atomic E-state index is 12.6. The number of aromatic nitrogens is 3. The van der Waals surface area contributed by atoms with Crippen LogP contribution in [0.4, 0.5) is 17.2 Å². The van der Waals surface area contributed by atoms with Crippen LogP contribution in [0.15, 0.2) is 42.5 Å². The van der Waals surface area contributed by atoms with Crippen molar-refractivity contribution in [3.05, 3.63) is 59.3 Å². The van der Waals surface area contributed by atoms with Crippen LogP contribution in [-0.4, -0.2) is 28.4 Å². The lowest BCUT2D eigenvalue weighted by Gasteiger charge is -2.10. The molecule has 0 aliphatic heterocycles. The van der Waals surface area contributed by atoms with Crippen LogP contribution in [0.2, 0.25) is 0 Å². The van der Waals surface area contributed by atoms with E-state index in [-0.39, 0.29) is 11.6 Å². The first-order chi connectivity index (χ1) is 12.1. The Morgan fingerprint density at radius 2 is 1.84 bits per heavy atom. The van der Waals surface area contributed by atoms with Crippen LogP contribution in [0.25, 0.3) is 0 Å². The van der Waals surface area contributed by atoms with Crippen molar-refractivity contribution in [3.63, 3.8) is 0 Å². The van der Waals surface area contributed by atoms with E-state index < -0.39 is 0 Å². The minimum Gasteiger partial charge on any atom is -0.497 e. The highest BCUT2D eigenvalue weighted by atomic mass is 16.5. The van der Waals surface area contributed by atoms with Crippen molar-refractivity contribution in [3.8, 4) is 5.75 Å². The van der Waals surface area contributed by atoms with Crippen molar-refractivity contribution in [2.75, 3.05) is 17.7 Å². The number of carbonyl (C=O) groups excluding carboxylic acids is 1. The van der Waals surface area contributed by atoms with E-state index in [9.17, 15) is 4.79 Å². The van der Waals surface area contributed by atoms with E-state index in [1.165, 1.54) is 0 Å². The highest BCUT2D eigenvalue weighted by Gasteiger charge is 2.17. The van der Waals surface area contributed by atoms with Gasteiger partial charge in [-0.15, -0.1) is 10.2 Å². The van der Waals surface area contributed by atoms with E-state index in [0.29, 0.717) is 5.82 Å². The maximum Gasteiger partial charge on any atom is 0.280 e. The van der Waals surface area contributed by atoms with Crippen molar-refractivity contribution in [1.82, 2.24) is 15.4 Å². The number of nitrogens with zero attached hydrogens (tertiary/aromatic N) is 2. The van der Waals surface area contributed by atoms with E-state index in [4.69, 9.17) is 4.74 Å². The Labute approximate surface area is 145 Å². The van der Waals surface area contributed by atoms with E-state index >= 15 is 0 Å². The molecule has 3 aromatic rings. The zero-order chi connectivity index (χ0) is 17.8. The fraction of sp³-hybridized carbons (Fsp3) is 0.167. The van der Waals surface area contributed by atoms with Crippen LogP contribution in [0.5, 0.6) is 5.75 Å². The molecule has 128 valence electrons. The average molecular weight is 337 g/mol. The molecule has 0 bridgehead atoms. The molecule has 0 saturated carbocycles. The number of amides is 1. The number of carbonyl (C=O) groups is 1. The number of anilines is 3. The lowest BCUT2D eigenvalue weighted by molar-refractivity contribution is 0.102. The molecule has 3 rings (SSSR count). The average Bonchev–Trinajstić information content (AvgIpc) is 3.08. The molecule has 7 heteroatoms. The number of aryl methyl sites for hydroxylation is 1.